The second kappa shape index (κ2) is 6.91. The minimum absolute atomic E-state index is 0.0102. The number of carbonyl (C=O) groups excluding carboxylic acids is 1. The number of amides is 1. The molecule has 1 aromatic rings. The SMILES string of the molecule is CC(C)NC(=O)CN(C)c1ccc([C@@H](C)O)cc1Br. The van der Waals surface area contributed by atoms with Crippen molar-refractivity contribution in [2.24, 2.45) is 0 Å². The van der Waals surface area contributed by atoms with E-state index in [9.17, 15) is 9.90 Å². The number of hydrogen-bond acceptors (Lipinski definition) is 3. The number of carbonyl (C=O) groups is 1. The average Bonchev–Trinajstić information content (AvgIpc) is 2.26. The van der Waals surface area contributed by atoms with Crippen molar-refractivity contribution in [2.45, 2.75) is 32.9 Å². The molecule has 0 bridgehead atoms. The zero-order valence-electron chi connectivity index (χ0n) is 11.8. The van der Waals surface area contributed by atoms with E-state index < -0.39 is 6.10 Å². The first-order valence-electron chi connectivity index (χ1n) is 6.29. The van der Waals surface area contributed by atoms with Gasteiger partial charge in [-0.2, -0.15) is 0 Å². The summed E-state index contributed by atoms with van der Waals surface area (Å²) in [6, 6.07) is 5.77. The van der Waals surface area contributed by atoms with Crippen LogP contribution in [0.1, 0.15) is 32.4 Å². The number of hydrogen-bond donors (Lipinski definition) is 2. The van der Waals surface area contributed by atoms with Gasteiger partial charge in [0.05, 0.1) is 18.3 Å². The highest BCUT2D eigenvalue weighted by molar-refractivity contribution is 9.10. The van der Waals surface area contributed by atoms with Gasteiger partial charge in [0.2, 0.25) is 5.91 Å². The fraction of sp³-hybridized carbons (Fsp3) is 0.500. The van der Waals surface area contributed by atoms with Crippen LogP contribution in [0.4, 0.5) is 5.69 Å². The Morgan fingerprint density at radius 2 is 2.05 bits per heavy atom. The maximum absolute atomic E-state index is 11.7. The van der Waals surface area contributed by atoms with E-state index in [1.165, 1.54) is 0 Å². The highest BCUT2D eigenvalue weighted by atomic mass is 79.9. The lowest BCUT2D eigenvalue weighted by molar-refractivity contribution is -0.120. The molecule has 5 heteroatoms. The molecule has 0 radical (unpaired) electrons. The smallest absolute Gasteiger partial charge is 0.239 e. The Hall–Kier alpha value is -1.07. The molecule has 0 heterocycles. The van der Waals surface area contributed by atoms with Gasteiger partial charge in [0, 0.05) is 17.6 Å². The van der Waals surface area contributed by atoms with E-state index >= 15 is 0 Å². The first kappa shape index (κ1) is 16.0. The maximum Gasteiger partial charge on any atom is 0.239 e. The van der Waals surface area contributed by atoms with Crippen molar-refractivity contribution in [3.05, 3.63) is 28.2 Å². The van der Waals surface area contributed by atoms with E-state index in [1.54, 1.807) is 6.92 Å². The van der Waals surface area contributed by atoms with E-state index in [-0.39, 0.29) is 11.9 Å². The maximum atomic E-state index is 11.7. The second-order valence-corrected chi connectivity index (χ2v) is 5.82. The average molecular weight is 329 g/mol. The summed E-state index contributed by atoms with van der Waals surface area (Å²) in [6.07, 6.45) is -0.500. The van der Waals surface area contributed by atoms with Crippen LogP contribution in [0.15, 0.2) is 22.7 Å². The second-order valence-electron chi connectivity index (χ2n) is 4.97. The Labute approximate surface area is 122 Å². The highest BCUT2D eigenvalue weighted by Gasteiger charge is 2.12. The number of halogens is 1. The van der Waals surface area contributed by atoms with Gasteiger partial charge in [-0.05, 0) is 54.4 Å². The van der Waals surface area contributed by atoms with E-state index in [1.807, 2.05) is 44.0 Å². The minimum Gasteiger partial charge on any atom is -0.389 e. The largest absolute Gasteiger partial charge is 0.389 e. The Bertz CT molecular complexity index is 447. The van der Waals surface area contributed by atoms with Crippen LogP contribution in [0.5, 0.6) is 0 Å². The van der Waals surface area contributed by atoms with Crippen LogP contribution in [-0.4, -0.2) is 30.6 Å². The third-order valence-corrected chi connectivity index (χ3v) is 3.33. The van der Waals surface area contributed by atoms with E-state index in [2.05, 4.69) is 21.2 Å². The fourth-order valence-corrected chi connectivity index (χ4v) is 2.46. The predicted octanol–water partition coefficient (Wildman–Crippen LogP) is 2.46. The molecule has 1 amide bonds. The van der Waals surface area contributed by atoms with Gasteiger partial charge in [-0.3, -0.25) is 4.79 Å². The molecule has 0 aliphatic carbocycles. The molecule has 1 atom stereocenters. The van der Waals surface area contributed by atoms with E-state index in [4.69, 9.17) is 0 Å². The molecule has 0 aromatic heterocycles. The highest BCUT2D eigenvalue weighted by Crippen LogP contribution is 2.28. The zero-order valence-corrected chi connectivity index (χ0v) is 13.4. The number of benzene rings is 1. The van der Waals surface area contributed by atoms with E-state index in [0.717, 1.165) is 15.7 Å². The number of anilines is 1. The van der Waals surface area contributed by atoms with Gasteiger partial charge >= 0.3 is 0 Å². The summed E-state index contributed by atoms with van der Waals surface area (Å²) in [6.45, 7) is 5.89. The van der Waals surface area contributed by atoms with Crippen molar-refractivity contribution in [2.75, 3.05) is 18.5 Å². The molecule has 1 rings (SSSR count). The van der Waals surface area contributed by atoms with Crippen LogP contribution in [0.2, 0.25) is 0 Å². The normalized spacial score (nSPS) is 12.4. The molecule has 0 saturated heterocycles. The Morgan fingerprint density at radius 3 is 2.53 bits per heavy atom. The van der Waals surface area contributed by atoms with Gasteiger partial charge in [-0.25, -0.2) is 0 Å². The predicted molar refractivity (Wildman–Crippen MR) is 81.3 cm³/mol. The molecule has 106 valence electrons. The Kier molecular flexibility index (Phi) is 5.82. The van der Waals surface area contributed by atoms with Gasteiger partial charge in [0.25, 0.3) is 0 Å². The van der Waals surface area contributed by atoms with Gasteiger partial charge < -0.3 is 15.3 Å². The molecule has 0 aliphatic rings. The Balaban J connectivity index is 2.77. The number of nitrogens with one attached hydrogen (secondary N) is 1. The van der Waals surface area contributed by atoms with Gasteiger partial charge in [0.15, 0.2) is 0 Å². The quantitative estimate of drug-likeness (QED) is 0.873. The van der Waals surface area contributed by atoms with Crippen LogP contribution >= 0.6 is 15.9 Å². The molecular formula is C14H21BrN2O2. The van der Waals surface area contributed by atoms with Crippen molar-refractivity contribution in [3.8, 4) is 0 Å². The molecule has 19 heavy (non-hydrogen) atoms. The molecule has 0 unspecified atom stereocenters. The first-order valence-corrected chi connectivity index (χ1v) is 7.08. The number of likely N-dealkylation sites (N-methyl/N-ethyl adjacent to an activating group) is 1. The van der Waals surface area contributed by atoms with Crippen LogP contribution in [-0.2, 0) is 4.79 Å². The third-order valence-electron chi connectivity index (χ3n) is 2.70. The zero-order chi connectivity index (χ0) is 14.6. The number of aliphatic hydroxyl groups is 1. The Morgan fingerprint density at radius 1 is 1.42 bits per heavy atom. The standard InChI is InChI=1S/C14H21BrN2O2/c1-9(2)16-14(19)8-17(4)13-6-5-11(10(3)18)7-12(13)15/h5-7,9-10,18H,8H2,1-4H3,(H,16,19)/t10-/m1/s1. The molecule has 0 aliphatic heterocycles. The number of nitrogens with zero attached hydrogens (tertiary/aromatic N) is 1. The summed E-state index contributed by atoms with van der Waals surface area (Å²) in [5.74, 6) is -0.0102. The molecule has 0 saturated carbocycles. The molecule has 4 nitrogen and oxygen atoms in total. The molecule has 0 spiro atoms. The lowest BCUT2D eigenvalue weighted by Crippen LogP contribution is -2.38. The summed E-state index contributed by atoms with van der Waals surface area (Å²) >= 11 is 3.47. The number of aliphatic hydroxyl groups excluding tert-OH is 1. The first-order chi connectivity index (χ1) is 8.81. The summed E-state index contributed by atoms with van der Waals surface area (Å²) in [5, 5.41) is 12.4. The van der Waals surface area contributed by atoms with Crippen LogP contribution in [0.3, 0.4) is 0 Å². The van der Waals surface area contributed by atoms with Crippen molar-refractivity contribution < 1.29 is 9.90 Å². The molecule has 2 N–H and O–H groups in total. The molecule has 0 fully saturated rings. The molecular weight excluding hydrogens is 308 g/mol. The lowest BCUT2D eigenvalue weighted by Gasteiger charge is -2.21. The number of rotatable bonds is 5. The van der Waals surface area contributed by atoms with Crippen LogP contribution < -0.4 is 10.2 Å². The topological polar surface area (TPSA) is 52.6 Å². The lowest BCUT2D eigenvalue weighted by atomic mass is 10.1. The summed E-state index contributed by atoms with van der Waals surface area (Å²) in [5.41, 5.74) is 1.76. The van der Waals surface area contributed by atoms with Crippen LogP contribution in [0, 0.1) is 0 Å². The minimum atomic E-state index is -0.500. The monoisotopic (exact) mass is 328 g/mol. The van der Waals surface area contributed by atoms with E-state index in [0.29, 0.717) is 6.54 Å². The van der Waals surface area contributed by atoms with Crippen molar-refractivity contribution in [3.63, 3.8) is 0 Å². The third kappa shape index (κ3) is 4.84. The van der Waals surface area contributed by atoms with Crippen LogP contribution in [0.25, 0.3) is 0 Å². The van der Waals surface area contributed by atoms with Gasteiger partial charge in [-0.15, -0.1) is 0 Å². The summed E-state index contributed by atoms with van der Waals surface area (Å²) in [4.78, 5) is 13.6. The van der Waals surface area contributed by atoms with Gasteiger partial charge in [-0.1, -0.05) is 6.07 Å². The van der Waals surface area contributed by atoms with Gasteiger partial charge in [0.1, 0.15) is 0 Å². The summed E-state index contributed by atoms with van der Waals surface area (Å²) in [7, 11) is 1.86. The van der Waals surface area contributed by atoms with Crippen molar-refractivity contribution in [1.29, 1.82) is 0 Å². The fourth-order valence-electron chi connectivity index (χ4n) is 1.76. The van der Waals surface area contributed by atoms with Crippen molar-refractivity contribution >= 4 is 27.5 Å². The summed E-state index contributed by atoms with van der Waals surface area (Å²) < 4.78 is 0.866. The van der Waals surface area contributed by atoms with Crippen molar-refractivity contribution in [1.82, 2.24) is 5.32 Å². The molecule has 1 aromatic carbocycles.